The van der Waals surface area contributed by atoms with E-state index in [1.54, 1.807) is 0 Å². The molecular formula is C15H26N4O. The molecule has 1 aliphatic heterocycles. The van der Waals surface area contributed by atoms with Gasteiger partial charge in [0.05, 0.1) is 6.04 Å². The average Bonchev–Trinajstić information content (AvgIpc) is 3.03. The Morgan fingerprint density at radius 1 is 1.40 bits per heavy atom. The van der Waals surface area contributed by atoms with E-state index in [0.29, 0.717) is 30.2 Å². The van der Waals surface area contributed by atoms with Gasteiger partial charge in [0.25, 0.3) is 0 Å². The number of rotatable bonds is 5. The third-order valence-electron chi connectivity index (χ3n) is 3.96. The Kier molecular flexibility index (Phi) is 4.78. The minimum absolute atomic E-state index is 0.292. The van der Waals surface area contributed by atoms with Gasteiger partial charge in [-0.1, -0.05) is 27.7 Å². The van der Waals surface area contributed by atoms with Crippen molar-refractivity contribution in [3.05, 3.63) is 12.2 Å². The van der Waals surface area contributed by atoms with E-state index < -0.39 is 0 Å². The number of hydrogen-bond donors (Lipinski definition) is 0. The predicted octanol–water partition coefficient (Wildman–Crippen LogP) is 2.61. The summed E-state index contributed by atoms with van der Waals surface area (Å²) in [5.74, 6) is 2.26. The van der Waals surface area contributed by atoms with Crippen molar-refractivity contribution in [2.75, 3.05) is 13.1 Å². The lowest BCUT2D eigenvalue weighted by atomic mass is 10.1. The molecule has 1 saturated heterocycles. The van der Waals surface area contributed by atoms with Crippen LogP contribution in [0.15, 0.2) is 6.33 Å². The zero-order valence-electron chi connectivity index (χ0n) is 13.0. The van der Waals surface area contributed by atoms with Crippen LogP contribution in [0.25, 0.3) is 0 Å². The molecule has 5 nitrogen and oxygen atoms in total. The molecule has 1 aromatic heterocycles. The van der Waals surface area contributed by atoms with Crippen molar-refractivity contribution >= 4 is 5.91 Å². The van der Waals surface area contributed by atoms with Gasteiger partial charge in [0.2, 0.25) is 5.91 Å². The maximum Gasteiger partial charge on any atom is 0.222 e. The SMILES string of the molecule is CC(C)CCC(=O)N1CCC(n2cnnc2C(C)C)C1. The third-order valence-corrected chi connectivity index (χ3v) is 3.96. The van der Waals surface area contributed by atoms with Crippen molar-refractivity contribution < 1.29 is 4.79 Å². The minimum atomic E-state index is 0.292. The van der Waals surface area contributed by atoms with Gasteiger partial charge >= 0.3 is 0 Å². The molecule has 0 spiro atoms. The van der Waals surface area contributed by atoms with Crippen LogP contribution in [-0.2, 0) is 4.79 Å². The molecule has 0 aliphatic carbocycles. The van der Waals surface area contributed by atoms with E-state index in [0.717, 1.165) is 31.8 Å². The fourth-order valence-electron chi connectivity index (χ4n) is 2.71. The fourth-order valence-corrected chi connectivity index (χ4v) is 2.71. The van der Waals surface area contributed by atoms with E-state index >= 15 is 0 Å². The van der Waals surface area contributed by atoms with Gasteiger partial charge in [0, 0.05) is 25.4 Å². The Balaban J connectivity index is 1.95. The van der Waals surface area contributed by atoms with Gasteiger partial charge in [-0.25, -0.2) is 0 Å². The zero-order chi connectivity index (χ0) is 14.7. The zero-order valence-corrected chi connectivity index (χ0v) is 13.0. The normalized spacial score (nSPS) is 19.3. The molecule has 2 rings (SSSR count). The number of likely N-dealkylation sites (tertiary alicyclic amines) is 1. The van der Waals surface area contributed by atoms with Gasteiger partial charge in [-0.05, 0) is 18.8 Å². The number of aromatic nitrogens is 3. The van der Waals surface area contributed by atoms with Crippen LogP contribution in [0, 0.1) is 5.92 Å². The van der Waals surface area contributed by atoms with Crippen LogP contribution in [0.3, 0.4) is 0 Å². The second-order valence-corrected chi connectivity index (χ2v) is 6.47. The lowest BCUT2D eigenvalue weighted by Gasteiger charge is -2.19. The summed E-state index contributed by atoms with van der Waals surface area (Å²) >= 11 is 0. The smallest absolute Gasteiger partial charge is 0.222 e. The molecule has 1 unspecified atom stereocenters. The molecule has 0 N–H and O–H groups in total. The van der Waals surface area contributed by atoms with Crippen LogP contribution in [-0.4, -0.2) is 38.7 Å². The van der Waals surface area contributed by atoms with E-state index in [4.69, 9.17) is 0 Å². The van der Waals surface area contributed by atoms with Gasteiger partial charge in [-0.3, -0.25) is 4.79 Å². The van der Waals surface area contributed by atoms with Gasteiger partial charge < -0.3 is 9.47 Å². The van der Waals surface area contributed by atoms with Gasteiger partial charge in [-0.2, -0.15) is 0 Å². The van der Waals surface area contributed by atoms with Crippen molar-refractivity contribution in [3.8, 4) is 0 Å². The molecule has 1 fully saturated rings. The molecule has 20 heavy (non-hydrogen) atoms. The van der Waals surface area contributed by atoms with Crippen molar-refractivity contribution in [3.63, 3.8) is 0 Å². The van der Waals surface area contributed by atoms with Crippen LogP contribution < -0.4 is 0 Å². The van der Waals surface area contributed by atoms with Gasteiger partial charge in [0.15, 0.2) is 0 Å². The largest absolute Gasteiger partial charge is 0.341 e. The second-order valence-electron chi connectivity index (χ2n) is 6.47. The van der Waals surface area contributed by atoms with Gasteiger partial charge in [-0.15, -0.1) is 10.2 Å². The van der Waals surface area contributed by atoms with Crippen LogP contribution in [0.2, 0.25) is 0 Å². The van der Waals surface area contributed by atoms with E-state index in [-0.39, 0.29) is 0 Å². The number of hydrogen-bond acceptors (Lipinski definition) is 3. The number of carbonyl (C=O) groups is 1. The molecule has 1 aromatic rings. The van der Waals surface area contributed by atoms with Crippen LogP contribution in [0.4, 0.5) is 0 Å². The standard InChI is InChI=1S/C15H26N4O/c1-11(2)5-6-14(20)18-8-7-13(9-18)19-10-16-17-15(19)12(3)4/h10-13H,5-9H2,1-4H3. The van der Waals surface area contributed by atoms with Crippen molar-refractivity contribution in [1.82, 2.24) is 19.7 Å². The summed E-state index contributed by atoms with van der Waals surface area (Å²) in [4.78, 5) is 14.2. The molecule has 1 atom stereocenters. The first-order valence-electron chi connectivity index (χ1n) is 7.66. The average molecular weight is 278 g/mol. The highest BCUT2D eigenvalue weighted by Gasteiger charge is 2.28. The third kappa shape index (κ3) is 3.38. The van der Waals surface area contributed by atoms with Crippen molar-refractivity contribution in [2.45, 2.75) is 58.9 Å². The number of carbonyl (C=O) groups excluding carboxylic acids is 1. The highest BCUT2D eigenvalue weighted by atomic mass is 16.2. The molecule has 1 amide bonds. The number of nitrogens with zero attached hydrogens (tertiary/aromatic N) is 4. The summed E-state index contributed by atoms with van der Waals surface area (Å²) in [7, 11) is 0. The Morgan fingerprint density at radius 2 is 2.15 bits per heavy atom. The lowest BCUT2D eigenvalue weighted by Crippen LogP contribution is -2.29. The van der Waals surface area contributed by atoms with E-state index in [2.05, 4.69) is 42.5 Å². The topological polar surface area (TPSA) is 51.0 Å². The summed E-state index contributed by atoms with van der Waals surface area (Å²) in [6.45, 7) is 10.2. The second kappa shape index (κ2) is 6.37. The molecule has 1 aliphatic rings. The van der Waals surface area contributed by atoms with Crippen LogP contribution >= 0.6 is 0 Å². The highest BCUT2D eigenvalue weighted by molar-refractivity contribution is 5.76. The monoisotopic (exact) mass is 278 g/mol. The first kappa shape index (κ1) is 15.0. The summed E-state index contributed by atoms with van der Waals surface area (Å²) < 4.78 is 2.15. The predicted molar refractivity (Wildman–Crippen MR) is 78.4 cm³/mol. The molecule has 5 heteroatoms. The Hall–Kier alpha value is -1.39. The molecule has 112 valence electrons. The molecule has 0 saturated carbocycles. The quantitative estimate of drug-likeness (QED) is 0.832. The first-order chi connectivity index (χ1) is 9.49. The van der Waals surface area contributed by atoms with E-state index in [9.17, 15) is 4.79 Å². The highest BCUT2D eigenvalue weighted by Crippen LogP contribution is 2.25. The van der Waals surface area contributed by atoms with Gasteiger partial charge in [0.1, 0.15) is 12.2 Å². The van der Waals surface area contributed by atoms with E-state index in [1.165, 1.54) is 0 Å². The maximum atomic E-state index is 12.2. The van der Waals surface area contributed by atoms with Crippen LogP contribution in [0.1, 0.15) is 64.7 Å². The Labute approximate surface area is 121 Å². The molecule has 2 heterocycles. The summed E-state index contributed by atoms with van der Waals surface area (Å²) in [5.41, 5.74) is 0. The summed E-state index contributed by atoms with van der Waals surface area (Å²) in [6, 6.07) is 0.338. The molecule has 0 radical (unpaired) electrons. The number of amides is 1. The summed E-state index contributed by atoms with van der Waals surface area (Å²) in [5, 5.41) is 8.23. The first-order valence-corrected chi connectivity index (χ1v) is 7.66. The molecular weight excluding hydrogens is 252 g/mol. The Morgan fingerprint density at radius 3 is 2.80 bits per heavy atom. The van der Waals surface area contributed by atoms with E-state index in [1.807, 2.05) is 11.2 Å². The summed E-state index contributed by atoms with van der Waals surface area (Å²) in [6.07, 6.45) is 4.46. The minimum Gasteiger partial charge on any atom is -0.341 e. The molecule has 0 bridgehead atoms. The lowest BCUT2D eigenvalue weighted by molar-refractivity contribution is -0.130. The fraction of sp³-hybridized carbons (Fsp3) is 0.800. The van der Waals surface area contributed by atoms with Crippen molar-refractivity contribution in [1.29, 1.82) is 0 Å². The Bertz CT molecular complexity index is 452. The van der Waals surface area contributed by atoms with Crippen molar-refractivity contribution in [2.24, 2.45) is 5.92 Å². The van der Waals surface area contributed by atoms with Crippen LogP contribution in [0.5, 0.6) is 0 Å². The maximum absolute atomic E-state index is 12.2. The molecule has 0 aromatic carbocycles.